The number of nitrogens with one attached hydrogen (secondary N) is 2. The number of carbonyl (C=O) groups excluding carboxylic acids is 1. The van der Waals surface area contributed by atoms with Crippen LogP contribution in [-0.2, 0) is 14.8 Å². The number of methoxy groups -OCH3 is 1. The second kappa shape index (κ2) is 6.18. The highest BCUT2D eigenvalue weighted by molar-refractivity contribution is 7.89. The summed E-state index contributed by atoms with van der Waals surface area (Å²) >= 11 is 0. The third-order valence-corrected chi connectivity index (χ3v) is 5.33. The third-order valence-electron chi connectivity index (χ3n) is 3.77. The summed E-state index contributed by atoms with van der Waals surface area (Å²) in [5, 5.41) is 11.9. The van der Waals surface area contributed by atoms with Crippen molar-refractivity contribution < 1.29 is 17.9 Å². The van der Waals surface area contributed by atoms with Gasteiger partial charge >= 0.3 is 0 Å². The van der Waals surface area contributed by atoms with Gasteiger partial charge in [-0.15, -0.1) is 0 Å². The van der Waals surface area contributed by atoms with Crippen molar-refractivity contribution in [3.63, 3.8) is 0 Å². The molecule has 0 heterocycles. The van der Waals surface area contributed by atoms with Crippen LogP contribution in [0.2, 0.25) is 0 Å². The molecule has 0 radical (unpaired) electrons. The molecule has 124 valence electrons. The number of hydrogen-bond donors (Lipinski definition) is 2. The van der Waals surface area contributed by atoms with Crippen LogP contribution in [0.15, 0.2) is 23.1 Å². The van der Waals surface area contributed by atoms with Gasteiger partial charge in [0.25, 0.3) is 0 Å². The number of anilines is 1. The van der Waals surface area contributed by atoms with E-state index in [4.69, 9.17) is 4.74 Å². The van der Waals surface area contributed by atoms with E-state index in [1.807, 2.05) is 0 Å². The fourth-order valence-corrected chi connectivity index (χ4v) is 3.73. The first-order valence-electron chi connectivity index (χ1n) is 7.12. The van der Waals surface area contributed by atoms with E-state index in [9.17, 15) is 18.5 Å². The zero-order chi connectivity index (χ0) is 17.3. The molecule has 0 aromatic heterocycles. The maximum atomic E-state index is 12.5. The highest BCUT2D eigenvalue weighted by Gasteiger charge is 2.44. The molecule has 1 aliphatic carbocycles. The van der Waals surface area contributed by atoms with Crippen LogP contribution in [-0.4, -0.2) is 27.0 Å². The molecule has 23 heavy (non-hydrogen) atoms. The van der Waals surface area contributed by atoms with E-state index in [1.165, 1.54) is 32.2 Å². The quantitative estimate of drug-likeness (QED) is 0.820. The van der Waals surface area contributed by atoms with Crippen LogP contribution in [0.4, 0.5) is 5.69 Å². The summed E-state index contributed by atoms with van der Waals surface area (Å²) in [7, 11) is -2.50. The number of amides is 1. The van der Waals surface area contributed by atoms with E-state index in [2.05, 4.69) is 16.1 Å². The Balaban J connectivity index is 2.33. The number of benzene rings is 1. The first kappa shape index (κ1) is 17.2. The van der Waals surface area contributed by atoms with Crippen molar-refractivity contribution in [3.8, 4) is 11.8 Å². The number of carbonyl (C=O) groups is 1. The lowest BCUT2D eigenvalue weighted by Crippen LogP contribution is -2.46. The van der Waals surface area contributed by atoms with Gasteiger partial charge in [0, 0.05) is 13.0 Å². The van der Waals surface area contributed by atoms with Crippen molar-refractivity contribution in [3.05, 3.63) is 18.2 Å². The van der Waals surface area contributed by atoms with E-state index >= 15 is 0 Å². The van der Waals surface area contributed by atoms with E-state index in [-0.39, 0.29) is 22.5 Å². The van der Waals surface area contributed by atoms with Crippen LogP contribution in [0.25, 0.3) is 0 Å². The van der Waals surface area contributed by atoms with Gasteiger partial charge in [0.1, 0.15) is 11.3 Å². The molecular formula is C15H19N3O4S. The smallest absolute Gasteiger partial charge is 0.242 e. The first-order valence-corrected chi connectivity index (χ1v) is 8.61. The highest BCUT2D eigenvalue weighted by atomic mass is 32.2. The molecule has 0 bridgehead atoms. The van der Waals surface area contributed by atoms with Gasteiger partial charge in [-0.25, -0.2) is 8.42 Å². The number of nitriles is 1. The van der Waals surface area contributed by atoms with Gasteiger partial charge in [0.05, 0.1) is 23.8 Å². The van der Waals surface area contributed by atoms with Crippen molar-refractivity contribution in [2.24, 2.45) is 5.92 Å². The molecule has 0 unspecified atom stereocenters. The predicted octanol–water partition coefficient (Wildman–Crippen LogP) is 1.62. The molecular weight excluding hydrogens is 318 g/mol. The summed E-state index contributed by atoms with van der Waals surface area (Å²) in [4.78, 5) is 11.1. The maximum Gasteiger partial charge on any atom is 0.242 e. The Morgan fingerprint density at radius 2 is 2.09 bits per heavy atom. The Morgan fingerprint density at radius 1 is 1.43 bits per heavy atom. The molecule has 1 aromatic carbocycles. The summed E-state index contributed by atoms with van der Waals surface area (Å²) in [5.74, 6) is -0.0289. The van der Waals surface area contributed by atoms with E-state index in [0.717, 1.165) is 12.8 Å². The summed E-state index contributed by atoms with van der Waals surface area (Å²) in [6, 6.07) is 6.19. The predicted molar refractivity (Wildman–Crippen MR) is 84.4 cm³/mol. The fraction of sp³-hybridized carbons (Fsp3) is 0.467. The molecule has 2 rings (SSSR count). The Hall–Kier alpha value is -2.11. The lowest BCUT2D eigenvalue weighted by molar-refractivity contribution is -0.114. The van der Waals surface area contributed by atoms with Crippen LogP contribution in [0.1, 0.15) is 26.7 Å². The average molecular weight is 337 g/mol. The molecule has 1 saturated carbocycles. The fourth-order valence-electron chi connectivity index (χ4n) is 2.33. The topological polar surface area (TPSA) is 108 Å². The van der Waals surface area contributed by atoms with Crippen LogP contribution in [0, 0.1) is 17.2 Å². The molecule has 1 aliphatic rings. The summed E-state index contributed by atoms with van der Waals surface area (Å²) in [6.45, 7) is 2.94. The molecule has 0 aliphatic heterocycles. The average Bonchev–Trinajstić information content (AvgIpc) is 3.31. The largest absolute Gasteiger partial charge is 0.495 e. The number of rotatable bonds is 6. The molecule has 0 spiro atoms. The minimum absolute atomic E-state index is 0.0226. The standard InChI is InChI=1S/C15H19N3O4S/c1-10(19)17-13-7-6-12(8-14(13)22-3)23(20,21)18-15(2,9-16)11-4-5-11/h6-8,11,18H,4-5H2,1-3H3,(H,17,19)/t15-/m0/s1. The SMILES string of the molecule is COc1cc(S(=O)(=O)N[C@@](C)(C#N)C2CC2)ccc1NC(C)=O. The molecule has 1 atom stereocenters. The zero-order valence-electron chi connectivity index (χ0n) is 13.2. The van der Waals surface area contributed by atoms with Crippen molar-refractivity contribution >= 4 is 21.6 Å². The van der Waals surface area contributed by atoms with E-state index in [1.54, 1.807) is 6.92 Å². The number of sulfonamides is 1. The van der Waals surface area contributed by atoms with Gasteiger partial charge in [0.2, 0.25) is 15.9 Å². The third kappa shape index (κ3) is 3.81. The van der Waals surface area contributed by atoms with Crippen molar-refractivity contribution in [2.75, 3.05) is 12.4 Å². The Kier molecular flexibility index (Phi) is 4.63. The molecule has 1 amide bonds. The molecule has 8 heteroatoms. The monoisotopic (exact) mass is 337 g/mol. The minimum atomic E-state index is -3.88. The minimum Gasteiger partial charge on any atom is -0.495 e. The Morgan fingerprint density at radius 3 is 2.57 bits per heavy atom. The van der Waals surface area contributed by atoms with Gasteiger partial charge in [-0.2, -0.15) is 9.98 Å². The highest BCUT2D eigenvalue weighted by Crippen LogP contribution is 2.40. The normalized spacial score (nSPS) is 17.0. The summed E-state index contributed by atoms with van der Waals surface area (Å²) in [5.41, 5.74) is -0.744. The van der Waals surface area contributed by atoms with Crippen molar-refractivity contribution in [1.29, 1.82) is 5.26 Å². The van der Waals surface area contributed by atoms with Crippen molar-refractivity contribution in [2.45, 2.75) is 37.1 Å². The van der Waals surface area contributed by atoms with Crippen LogP contribution >= 0.6 is 0 Å². The first-order chi connectivity index (χ1) is 10.7. The van der Waals surface area contributed by atoms with Gasteiger partial charge in [0.15, 0.2) is 0 Å². The van der Waals surface area contributed by atoms with Crippen LogP contribution < -0.4 is 14.8 Å². The van der Waals surface area contributed by atoms with Crippen LogP contribution in [0.5, 0.6) is 5.75 Å². The lowest BCUT2D eigenvalue weighted by atomic mass is 10.0. The van der Waals surface area contributed by atoms with Crippen LogP contribution in [0.3, 0.4) is 0 Å². The summed E-state index contributed by atoms with van der Waals surface area (Å²) < 4.78 is 32.7. The summed E-state index contributed by atoms with van der Waals surface area (Å²) in [6.07, 6.45) is 1.66. The van der Waals surface area contributed by atoms with Crippen molar-refractivity contribution in [1.82, 2.24) is 4.72 Å². The number of nitrogens with zero attached hydrogens (tertiary/aromatic N) is 1. The number of ether oxygens (including phenoxy) is 1. The maximum absolute atomic E-state index is 12.5. The van der Waals surface area contributed by atoms with Gasteiger partial charge in [-0.1, -0.05) is 0 Å². The van der Waals surface area contributed by atoms with Gasteiger partial charge < -0.3 is 10.1 Å². The van der Waals surface area contributed by atoms with E-state index in [0.29, 0.717) is 5.69 Å². The van der Waals surface area contributed by atoms with Gasteiger partial charge in [-0.3, -0.25) is 4.79 Å². The Labute approximate surface area is 135 Å². The molecule has 0 saturated heterocycles. The lowest BCUT2D eigenvalue weighted by Gasteiger charge is -2.23. The van der Waals surface area contributed by atoms with E-state index < -0.39 is 15.6 Å². The second-order valence-corrected chi connectivity index (χ2v) is 7.42. The van der Waals surface area contributed by atoms with Gasteiger partial charge in [-0.05, 0) is 37.8 Å². The zero-order valence-corrected chi connectivity index (χ0v) is 14.0. The Bertz CT molecular complexity index is 765. The number of hydrogen-bond acceptors (Lipinski definition) is 5. The molecule has 1 aromatic rings. The molecule has 7 nitrogen and oxygen atoms in total. The molecule has 2 N–H and O–H groups in total. The molecule has 1 fully saturated rings. The second-order valence-electron chi connectivity index (χ2n) is 5.74.